The molecule has 30 heavy (non-hydrogen) atoms. The second-order valence-corrected chi connectivity index (χ2v) is 6.93. The van der Waals surface area contributed by atoms with E-state index in [1.807, 2.05) is 38.4 Å². The molecule has 7 heteroatoms. The first-order valence-corrected chi connectivity index (χ1v) is 9.09. The van der Waals surface area contributed by atoms with E-state index in [1.54, 1.807) is 24.3 Å². The Labute approximate surface area is 177 Å². The highest BCUT2D eigenvalue weighted by atomic mass is 16.5. The van der Waals surface area contributed by atoms with Crippen LogP contribution in [0.15, 0.2) is 48.5 Å². The maximum atomic E-state index is 12.3. The monoisotopic (exact) mass is 411 g/mol. The van der Waals surface area contributed by atoms with E-state index < -0.39 is 24.0 Å². The van der Waals surface area contributed by atoms with Gasteiger partial charge in [0.15, 0.2) is 0 Å². The molecule has 4 N–H and O–H groups in total. The molecule has 2 rings (SSSR count). The first-order chi connectivity index (χ1) is 13.8. The van der Waals surface area contributed by atoms with Gasteiger partial charge in [-0.3, -0.25) is 14.8 Å². The summed E-state index contributed by atoms with van der Waals surface area (Å²) in [6, 6.07) is 13.3. The highest BCUT2D eigenvalue weighted by Crippen LogP contribution is 2.07. The van der Waals surface area contributed by atoms with Gasteiger partial charge in [0.2, 0.25) is 0 Å². The summed E-state index contributed by atoms with van der Waals surface area (Å²) in [7, 11) is 4.03. The average Bonchev–Trinajstić information content (AvgIpc) is 2.70. The number of carbonyl (C=O) groups is 2. The zero-order chi connectivity index (χ0) is 21.4. The SMILES string of the molecule is C.C[C@H](O)[C@H](NC(=O)c1ccc(C#Cc2ccc(CN(C)C)cc2)cc1)C(=O)NO. The standard InChI is InChI=1S/C22H25N3O4.CH4/c1-15(26)20(22(28)24-29)23-21(27)19-12-10-17(11-13-19)5-4-16-6-8-18(9-7-16)14-25(2)3;/h6-13,15,20,26,29H,14H2,1-3H3,(H,23,27)(H,24,28);1H4/t15-,20-;/m0./s1. The number of nitrogens with zero attached hydrogens (tertiary/aromatic N) is 1. The average molecular weight is 412 g/mol. The Bertz CT molecular complexity index is 895. The van der Waals surface area contributed by atoms with E-state index in [4.69, 9.17) is 5.21 Å². The quantitative estimate of drug-likeness (QED) is 0.330. The molecule has 0 saturated heterocycles. The first kappa shape index (κ1) is 24.9. The van der Waals surface area contributed by atoms with Crippen molar-refractivity contribution in [2.75, 3.05) is 14.1 Å². The maximum absolute atomic E-state index is 12.3. The zero-order valence-corrected chi connectivity index (χ0v) is 16.6. The van der Waals surface area contributed by atoms with E-state index in [2.05, 4.69) is 22.1 Å². The summed E-state index contributed by atoms with van der Waals surface area (Å²) >= 11 is 0. The lowest BCUT2D eigenvalue weighted by Gasteiger charge is -2.19. The van der Waals surface area contributed by atoms with Crippen LogP contribution in [0, 0.1) is 11.8 Å². The van der Waals surface area contributed by atoms with Gasteiger partial charge in [-0.2, -0.15) is 0 Å². The molecular weight excluding hydrogens is 382 g/mol. The minimum absolute atomic E-state index is 0. The van der Waals surface area contributed by atoms with Crippen molar-refractivity contribution in [2.45, 2.75) is 33.0 Å². The summed E-state index contributed by atoms with van der Waals surface area (Å²) in [4.78, 5) is 25.9. The Morgan fingerprint density at radius 3 is 1.93 bits per heavy atom. The van der Waals surface area contributed by atoms with Gasteiger partial charge < -0.3 is 15.3 Å². The highest BCUT2D eigenvalue weighted by molar-refractivity contribution is 5.97. The summed E-state index contributed by atoms with van der Waals surface area (Å²) in [5.41, 5.74) is 4.57. The molecule has 0 aromatic heterocycles. The Morgan fingerprint density at radius 2 is 1.50 bits per heavy atom. The van der Waals surface area contributed by atoms with Crippen LogP contribution in [0.2, 0.25) is 0 Å². The fourth-order valence-electron chi connectivity index (χ4n) is 2.61. The number of aliphatic hydroxyl groups is 1. The molecule has 2 aromatic carbocycles. The largest absolute Gasteiger partial charge is 0.391 e. The molecule has 2 amide bonds. The number of nitrogens with one attached hydrogen (secondary N) is 2. The minimum Gasteiger partial charge on any atom is -0.391 e. The Balaban J connectivity index is 0.00000450. The summed E-state index contributed by atoms with van der Waals surface area (Å²) in [5, 5.41) is 20.7. The molecular formula is C23H29N3O4. The smallest absolute Gasteiger partial charge is 0.268 e. The van der Waals surface area contributed by atoms with Crippen molar-refractivity contribution in [3.05, 3.63) is 70.8 Å². The summed E-state index contributed by atoms with van der Waals surface area (Å²) in [6.07, 6.45) is -1.17. The lowest BCUT2D eigenvalue weighted by molar-refractivity contribution is -0.133. The van der Waals surface area contributed by atoms with Crippen LogP contribution in [-0.2, 0) is 11.3 Å². The Kier molecular flexibility index (Phi) is 9.72. The number of hydrogen-bond donors (Lipinski definition) is 4. The minimum atomic E-state index is -1.26. The number of rotatable bonds is 6. The molecule has 0 heterocycles. The number of benzene rings is 2. The van der Waals surface area contributed by atoms with Gasteiger partial charge in [-0.1, -0.05) is 31.4 Å². The number of amides is 2. The van der Waals surface area contributed by atoms with E-state index in [0.717, 1.165) is 17.7 Å². The first-order valence-electron chi connectivity index (χ1n) is 9.09. The molecule has 0 aliphatic rings. The number of aliphatic hydroxyl groups excluding tert-OH is 1. The second kappa shape index (κ2) is 11.7. The topological polar surface area (TPSA) is 102 Å². The number of hydrogen-bond acceptors (Lipinski definition) is 5. The fourth-order valence-corrected chi connectivity index (χ4v) is 2.61. The highest BCUT2D eigenvalue weighted by Gasteiger charge is 2.25. The summed E-state index contributed by atoms with van der Waals surface area (Å²) < 4.78 is 0. The maximum Gasteiger partial charge on any atom is 0.268 e. The van der Waals surface area contributed by atoms with Crippen molar-refractivity contribution in [1.82, 2.24) is 15.7 Å². The van der Waals surface area contributed by atoms with Crippen molar-refractivity contribution >= 4 is 11.8 Å². The molecule has 160 valence electrons. The van der Waals surface area contributed by atoms with Gasteiger partial charge in [0.05, 0.1) is 6.10 Å². The van der Waals surface area contributed by atoms with Crippen LogP contribution in [0.5, 0.6) is 0 Å². The molecule has 0 spiro atoms. The van der Waals surface area contributed by atoms with E-state index in [-0.39, 0.29) is 7.43 Å². The molecule has 0 aliphatic carbocycles. The molecule has 0 aliphatic heterocycles. The van der Waals surface area contributed by atoms with Crippen LogP contribution >= 0.6 is 0 Å². The third-order valence-electron chi connectivity index (χ3n) is 4.11. The van der Waals surface area contributed by atoms with Gasteiger partial charge in [0, 0.05) is 23.2 Å². The van der Waals surface area contributed by atoms with Gasteiger partial charge in [0.25, 0.3) is 11.8 Å². The molecule has 7 nitrogen and oxygen atoms in total. The fraction of sp³-hybridized carbons (Fsp3) is 0.304. The predicted molar refractivity (Wildman–Crippen MR) is 116 cm³/mol. The van der Waals surface area contributed by atoms with Gasteiger partial charge >= 0.3 is 0 Å². The summed E-state index contributed by atoms with van der Waals surface area (Å²) in [6.45, 7) is 2.21. The van der Waals surface area contributed by atoms with Crippen LogP contribution in [-0.4, -0.2) is 53.3 Å². The van der Waals surface area contributed by atoms with Crippen LogP contribution in [0.3, 0.4) is 0 Å². The van der Waals surface area contributed by atoms with Crippen LogP contribution in [0.25, 0.3) is 0 Å². The van der Waals surface area contributed by atoms with Crippen molar-refractivity contribution < 1.29 is 19.9 Å². The van der Waals surface area contributed by atoms with Gasteiger partial charge in [-0.25, -0.2) is 5.48 Å². The zero-order valence-electron chi connectivity index (χ0n) is 16.6. The summed E-state index contributed by atoms with van der Waals surface area (Å²) in [5.74, 6) is 4.68. The lowest BCUT2D eigenvalue weighted by atomic mass is 10.1. The van der Waals surface area contributed by atoms with Gasteiger partial charge in [-0.05, 0) is 63.0 Å². The molecule has 0 bridgehead atoms. The molecule has 2 atom stereocenters. The molecule has 2 aromatic rings. The van der Waals surface area contributed by atoms with E-state index >= 15 is 0 Å². The molecule has 0 fully saturated rings. The third kappa shape index (κ3) is 7.33. The Morgan fingerprint density at radius 1 is 1.00 bits per heavy atom. The van der Waals surface area contributed by atoms with Gasteiger partial charge in [-0.15, -0.1) is 0 Å². The Hall–Kier alpha value is -3.18. The van der Waals surface area contributed by atoms with E-state index in [1.165, 1.54) is 18.0 Å². The second-order valence-electron chi connectivity index (χ2n) is 6.93. The normalized spacial score (nSPS) is 12.1. The molecule has 0 saturated carbocycles. The van der Waals surface area contributed by atoms with Crippen LogP contribution in [0.1, 0.15) is 41.4 Å². The molecule has 0 radical (unpaired) electrons. The van der Waals surface area contributed by atoms with Crippen molar-refractivity contribution in [3.63, 3.8) is 0 Å². The van der Waals surface area contributed by atoms with Crippen molar-refractivity contribution in [3.8, 4) is 11.8 Å². The van der Waals surface area contributed by atoms with E-state index in [0.29, 0.717) is 5.56 Å². The predicted octanol–water partition coefficient (Wildman–Crippen LogP) is 1.77. The number of carbonyl (C=O) groups excluding carboxylic acids is 2. The number of hydroxylamine groups is 1. The molecule has 0 unspecified atom stereocenters. The van der Waals surface area contributed by atoms with Crippen molar-refractivity contribution in [1.29, 1.82) is 0 Å². The lowest BCUT2D eigenvalue weighted by Crippen LogP contribution is -2.51. The third-order valence-corrected chi connectivity index (χ3v) is 4.11. The van der Waals surface area contributed by atoms with Crippen molar-refractivity contribution in [2.24, 2.45) is 0 Å². The van der Waals surface area contributed by atoms with Crippen LogP contribution in [0.4, 0.5) is 0 Å². The van der Waals surface area contributed by atoms with E-state index in [9.17, 15) is 14.7 Å². The van der Waals surface area contributed by atoms with Gasteiger partial charge in [0.1, 0.15) is 6.04 Å². The van der Waals surface area contributed by atoms with Crippen LogP contribution < -0.4 is 10.8 Å².